The van der Waals surface area contributed by atoms with E-state index in [2.05, 4.69) is 5.32 Å². The lowest BCUT2D eigenvalue weighted by molar-refractivity contribution is -0.384. The summed E-state index contributed by atoms with van der Waals surface area (Å²) < 4.78 is 18.4. The Hall–Kier alpha value is -3.80. The first kappa shape index (κ1) is 18.5. The second kappa shape index (κ2) is 8.34. The highest BCUT2D eigenvalue weighted by atomic mass is 19.1. The average Bonchev–Trinajstić information content (AvgIpc) is 2.65. The number of carbonyl (C=O) groups is 2. The highest BCUT2D eigenvalue weighted by Crippen LogP contribution is 2.13. The standard InChI is InChI=1S/C17H12FN3O5/c18-15-5-4-11(8-19)6-13(15)10-26-16(22)9-20-17(23)12-2-1-3-14(7-12)21(24)25/h1-7H,9-10H2,(H,20,23). The maximum Gasteiger partial charge on any atom is 0.325 e. The first-order valence-electron chi connectivity index (χ1n) is 7.27. The van der Waals surface area contributed by atoms with Crippen molar-refractivity contribution in [2.75, 3.05) is 6.54 Å². The SMILES string of the molecule is N#Cc1ccc(F)c(COC(=O)CNC(=O)c2cccc([N+](=O)[O-])c2)c1. The van der Waals surface area contributed by atoms with Gasteiger partial charge in [0, 0.05) is 23.3 Å². The summed E-state index contributed by atoms with van der Waals surface area (Å²) in [5.74, 6) is -2.15. The monoisotopic (exact) mass is 357 g/mol. The van der Waals surface area contributed by atoms with Crippen molar-refractivity contribution in [3.05, 3.63) is 75.1 Å². The third kappa shape index (κ3) is 4.85. The van der Waals surface area contributed by atoms with Crippen LogP contribution in [0.2, 0.25) is 0 Å². The number of nitro benzene ring substituents is 1. The molecular formula is C17H12FN3O5. The van der Waals surface area contributed by atoms with Crippen LogP contribution in [-0.2, 0) is 16.1 Å². The summed E-state index contributed by atoms with van der Waals surface area (Å²) in [5.41, 5.74) is 0.00618. The minimum atomic E-state index is -0.828. The molecule has 1 amide bonds. The first-order chi connectivity index (χ1) is 12.4. The van der Waals surface area contributed by atoms with Gasteiger partial charge in [0.1, 0.15) is 19.0 Å². The molecule has 0 aliphatic rings. The van der Waals surface area contributed by atoms with E-state index in [1.54, 1.807) is 0 Å². The summed E-state index contributed by atoms with van der Waals surface area (Å²) in [7, 11) is 0. The number of nitriles is 1. The van der Waals surface area contributed by atoms with Crippen LogP contribution in [0.1, 0.15) is 21.5 Å². The molecule has 0 fully saturated rings. The van der Waals surface area contributed by atoms with Crippen LogP contribution in [0.25, 0.3) is 0 Å². The van der Waals surface area contributed by atoms with Gasteiger partial charge in [-0.2, -0.15) is 5.26 Å². The van der Waals surface area contributed by atoms with Gasteiger partial charge in [-0.3, -0.25) is 19.7 Å². The third-order valence-electron chi connectivity index (χ3n) is 3.28. The van der Waals surface area contributed by atoms with Crippen LogP contribution in [0.5, 0.6) is 0 Å². The number of esters is 1. The van der Waals surface area contributed by atoms with Crippen LogP contribution in [0, 0.1) is 27.3 Å². The van der Waals surface area contributed by atoms with Crippen LogP contribution in [0.15, 0.2) is 42.5 Å². The van der Waals surface area contributed by atoms with Crippen molar-refractivity contribution in [3.63, 3.8) is 0 Å². The third-order valence-corrected chi connectivity index (χ3v) is 3.28. The number of hydrogen-bond donors (Lipinski definition) is 1. The predicted octanol–water partition coefficient (Wildman–Crippen LogP) is 2.08. The molecule has 0 unspecified atom stereocenters. The van der Waals surface area contributed by atoms with Gasteiger partial charge in [-0.15, -0.1) is 0 Å². The number of carbonyl (C=O) groups excluding carboxylic acids is 2. The Morgan fingerprint density at radius 1 is 1.27 bits per heavy atom. The van der Waals surface area contributed by atoms with Gasteiger partial charge in [-0.25, -0.2) is 4.39 Å². The van der Waals surface area contributed by atoms with Crippen molar-refractivity contribution in [1.82, 2.24) is 5.32 Å². The molecule has 0 spiro atoms. The Morgan fingerprint density at radius 3 is 2.73 bits per heavy atom. The number of non-ortho nitro benzene ring substituents is 1. The number of nitro groups is 1. The lowest BCUT2D eigenvalue weighted by Gasteiger charge is -2.08. The van der Waals surface area contributed by atoms with Crippen molar-refractivity contribution in [1.29, 1.82) is 5.26 Å². The summed E-state index contributed by atoms with van der Waals surface area (Å²) in [5, 5.41) is 21.7. The molecule has 0 heterocycles. The zero-order valence-electron chi connectivity index (χ0n) is 13.3. The van der Waals surface area contributed by atoms with Crippen molar-refractivity contribution < 1.29 is 23.6 Å². The van der Waals surface area contributed by atoms with Crippen LogP contribution in [-0.4, -0.2) is 23.3 Å². The van der Waals surface area contributed by atoms with Gasteiger partial charge in [0.2, 0.25) is 0 Å². The Balaban J connectivity index is 1.89. The van der Waals surface area contributed by atoms with Crippen molar-refractivity contribution in [2.45, 2.75) is 6.61 Å². The largest absolute Gasteiger partial charge is 0.459 e. The maximum atomic E-state index is 13.6. The maximum absolute atomic E-state index is 13.6. The molecule has 8 nitrogen and oxygen atoms in total. The number of ether oxygens (including phenoxy) is 1. The Kier molecular flexibility index (Phi) is 5.95. The van der Waals surface area contributed by atoms with E-state index in [1.807, 2.05) is 6.07 Å². The molecule has 0 saturated carbocycles. The van der Waals surface area contributed by atoms with Gasteiger partial charge in [0.05, 0.1) is 16.6 Å². The zero-order valence-corrected chi connectivity index (χ0v) is 13.3. The molecule has 132 valence electrons. The molecule has 1 N–H and O–H groups in total. The number of amides is 1. The van der Waals surface area contributed by atoms with Gasteiger partial charge >= 0.3 is 5.97 Å². The van der Waals surface area contributed by atoms with E-state index < -0.39 is 35.8 Å². The summed E-state index contributed by atoms with van der Waals surface area (Å²) in [6, 6.07) is 10.5. The van der Waals surface area contributed by atoms with E-state index in [0.29, 0.717) is 0 Å². The highest BCUT2D eigenvalue weighted by molar-refractivity contribution is 5.96. The summed E-state index contributed by atoms with van der Waals surface area (Å²) in [6.07, 6.45) is 0. The number of rotatable bonds is 6. The smallest absolute Gasteiger partial charge is 0.325 e. The zero-order chi connectivity index (χ0) is 19.1. The van der Waals surface area contributed by atoms with Crippen LogP contribution in [0.3, 0.4) is 0 Å². The molecule has 0 saturated heterocycles. The van der Waals surface area contributed by atoms with E-state index >= 15 is 0 Å². The lowest BCUT2D eigenvalue weighted by atomic mass is 10.1. The molecule has 2 aromatic rings. The number of nitrogens with one attached hydrogen (secondary N) is 1. The number of hydrogen-bond acceptors (Lipinski definition) is 6. The molecule has 0 aromatic heterocycles. The minimum Gasteiger partial charge on any atom is -0.459 e. The second-order valence-corrected chi connectivity index (χ2v) is 5.07. The van der Waals surface area contributed by atoms with Crippen molar-refractivity contribution in [3.8, 4) is 6.07 Å². The van der Waals surface area contributed by atoms with Gasteiger partial charge in [-0.1, -0.05) is 6.07 Å². The van der Waals surface area contributed by atoms with Gasteiger partial charge in [-0.05, 0) is 24.3 Å². The Morgan fingerprint density at radius 2 is 2.04 bits per heavy atom. The van der Waals surface area contributed by atoms with E-state index in [4.69, 9.17) is 10.00 Å². The number of nitrogens with zero attached hydrogens (tertiary/aromatic N) is 2. The van der Waals surface area contributed by atoms with E-state index in [-0.39, 0.29) is 22.4 Å². The van der Waals surface area contributed by atoms with Crippen molar-refractivity contribution >= 4 is 17.6 Å². The lowest BCUT2D eigenvalue weighted by Crippen LogP contribution is -2.30. The minimum absolute atomic E-state index is 0.0137. The highest BCUT2D eigenvalue weighted by Gasteiger charge is 2.13. The van der Waals surface area contributed by atoms with Crippen LogP contribution >= 0.6 is 0 Å². The quantitative estimate of drug-likeness (QED) is 0.480. The molecule has 26 heavy (non-hydrogen) atoms. The molecule has 0 aliphatic heterocycles. The fourth-order valence-electron chi connectivity index (χ4n) is 1.98. The normalized spacial score (nSPS) is 9.85. The van der Waals surface area contributed by atoms with Crippen LogP contribution < -0.4 is 5.32 Å². The van der Waals surface area contributed by atoms with E-state index in [0.717, 1.165) is 12.1 Å². The summed E-state index contributed by atoms with van der Waals surface area (Å²) in [6.45, 7) is -0.895. The molecule has 0 atom stereocenters. The first-order valence-corrected chi connectivity index (χ1v) is 7.27. The van der Waals surface area contributed by atoms with Crippen molar-refractivity contribution in [2.24, 2.45) is 0 Å². The van der Waals surface area contributed by atoms with E-state index in [1.165, 1.54) is 30.3 Å². The molecule has 9 heteroatoms. The molecule has 2 rings (SSSR count). The summed E-state index contributed by atoms with van der Waals surface area (Å²) in [4.78, 5) is 33.6. The van der Waals surface area contributed by atoms with Gasteiger partial charge in [0.15, 0.2) is 0 Å². The molecule has 0 aliphatic carbocycles. The molecular weight excluding hydrogens is 345 g/mol. The Bertz CT molecular complexity index is 908. The number of benzene rings is 2. The average molecular weight is 357 g/mol. The molecule has 2 aromatic carbocycles. The fraction of sp³-hybridized carbons (Fsp3) is 0.118. The fourth-order valence-corrected chi connectivity index (χ4v) is 1.98. The van der Waals surface area contributed by atoms with Gasteiger partial charge in [0.25, 0.3) is 11.6 Å². The second-order valence-electron chi connectivity index (χ2n) is 5.07. The topological polar surface area (TPSA) is 122 Å². The molecule has 0 bridgehead atoms. The molecule has 0 radical (unpaired) electrons. The summed E-state index contributed by atoms with van der Waals surface area (Å²) >= 11 is 0. The van der Waals surface area contributed by atoms with E-state index in [9.17, 15) is 24.1 Å². The van der Waals surface area contributed by atoms with Gasteiger partial charge < -0.3 is 10.1 Å². The Labute approximate surface area is 147 Å². The predicted molar refractivity (Wildman–Crippen MR) is 86.3 cm³/mol. The van der Waals surface area contributed by atoms with Crippen LogP contribution in [0.4, 0.5) is 10.1 Å². The number of halogens is 1.